The van der Waals surface area contributed by atoms with Crippen LogP contribution in [0.2, 0.25) is 5.02 Å². The molecule has 0 saturated heterocycles. The lowest BCUT2D eigenvalue weighted by Crippen LogP contribution is -2.32. The Morgan fingerprint density at radius 1 is 1.24 bits per heavy atom. The van der Waals surface area contributed by atoms with Crippen molar-refractivity contribution in [1.29, 1.82) is 0 Å². The molecule has 0 saturated carbocycles. The van der Waals surface area contributed by atoms with Crippen molar-refractivity contribution in [3.63, 3.8) is 0 Å². The topological polar surface area (TPSA) is 88.3 Å². The second-order valence-corrected chi connectivity index (χ2v) is 8.69. The number of benzene rings is 1. The molecule has 5 rings (SSSR count). The van der Waals surface area contributed by atoms with E-state index < -0.39 is 5.37 Å². The van der Waals surface area contributed by atoms with Crippen molar-refractivity contribution in [2.75, 3.05) is 11.4 Å². The average molecular weight is 493 g/mol. The molecular formula is C24H21ClN6O2S. The van der Waals surface area contributed by atoms with Gasteiger partial charge in [-0.1, -0.05) is 29.8 Å². The van der Waals surface area contributed by atoms with E-state index in [-0.39, 0.29) is 11.3 Å². The Labute approximate surface area is 205 Å². The van der Waals surface area contributed by atoms with Crippen LogP contribution in [0, 0.1) is 0 Å². The summed E-state index contributed by atoms with van der Waals surface area (Å²) in [5.74, 6) is 0.454. The van der Waals surface area contributed by atoms with Crippen LogP contribution in [0.25, 0.3) is 22.2 Å². The van der Waals surface area contributed by atoms with Crippen LogP contribution in [0.1, 0.15) is 35.3 Å². The van der Waals surface area contributed by atoms with Crippen LogP contribution < -0.4 is 10.5 Å². The first-order valence-electron chi connectivity index (χ1n) is 10.7. The highest BCUT2D eigenvalue weighted by molar-refractivity contribution is 7.80. The Morgan fingerprint density at radius 3 is 2.71 bits per heavy atom. The van der Waals surface area contributed by atoms with Crippen molar-refractivity contribution >= 4 is 52.4 Å². The van der Waals surface area contributed by atoms with E-state index >= 15 is 0 Å². The zero-order valence-electron chi connectivity index (χ0n) is 18.4. The van der Waals surface area contributed by atoms with E-state index in [2.05, 4.69) is 15.0 Å². The number of H-pyrrole nitrogens is 1. The first-order chi connectivity index (χ1) is 16.4. The number of para-hydroxylation sites is 1. The van der Waals surface area contributed by atoms with Gasteiger partial charge in [0.2, 0.25) is 0 Å². The first-order valence-corrected chi connectivity index (χ1v) is 11.6. The quantitative estimate of drug-likeness (QED) is 0.204. The molecule has 8 nitrogen and oxygen atoms in total. The number of aromatic nitrogens is 5. The van der Waals surface area contributed by atoms with Crippen molar-refractivity contribution in [2.45, 2.75) is 19.2 Å². The number of carbonyl (C=O) groups is 1. The fourth-order valence-corrected chi connectivity index (χ4v) is 4.92. The summed E-state index contributed by atoms with van der Waals surface area (Å²) in [6, 6.07) is 11.0. The number of carbonyl (C=O) groups excluding carboxylic acids is 1. The van der Waals surface area contributed by atoms with Crippen LogP contribution in [0.3, 0.4) is 0 Å². The summed E-state index contributed by atoms with van der Waals surface area (Å²) < 4.78 is 3.33. The maximum Gasteiger partial charge on any atom is 0.281 e. The number of ketones is 1. The SMILES string of the molecule is CCN(c1ncnc2[nH]cc(C(C)=O)c12)C(S)c1cn2ccc(Cl)c2c(=O)n1-c1ccccc1. The van der Waals surface area contributed by atoms with Crippen molar-refractivity contribution in [1.82, 2.24) is 23.9 Å². The van der Waals surface area contributed by atoms with Gasteiger partial charge in [-0.2, -0.15) is 0 Å². The molecule has 5 aromatic rings. The largest absolute Gasteiger partial charge is 0.345 e. The highest BCUT2D eigenvalue weighted by Crippen LogP contribution is 2.35. The number of thiol groups is 1. The van der Waals surface area contributed by atoms with Gasteiger partial charge in [-0.05, 0) is 32.0 Å². The van der Waals surface area contributed by atoms with E-state index in [1.54, 1.807) is 27.4 Å². The van der Waals surface area contributed by atoms with Crippen LogP contribution in [0.5, 0.6) is 0 Å². The minimum absolute atomic E-state index is 0.0985. The zero-order valence-corrected chi connectivity index (χ0v) is 20.1. The number of anilines is 1. The fourth-order valence-electron chi connectivity index (χ4n) is 4.23. The van der Waals surface area contributed by atoms with E-state index in [9.17, 15) is 9.59 Å². The van der Waals surface area contributed by atoms with Gasteiger partial charge in [-0.25, -0.2) is 9.97 Å². The van der Waals surface area contributed by atoms with E-state index in [1.165, 1.54) is 13.3 Å². The van der Waals surface area contributed by atoms with Crippen molar-refractivity contribution < 1.29 is 4.79 Å². The smallest absolute Gasteiger partial charge is 0.281 e. The molecule has 1 N–H and O–H groups in total. The molecule has 0 fully saturated rings. The summed E-state index contributed by atoms with van der Waals surface area (Å²) in [7, 11) is 0. The lowest BCUT2D eigenvalue weighted by atomic mass is 10.1. The van der Waals surface area contributed by atoms with Crippen LogP contribution in [-0.4, -0.2) is 36.2 Å². The Hall–Kier alpha value is -3.56. The van der Waals surface area contributed by atoms with Crippen LogP contribution >= 0.6 is 24.2 Å². The average Bonchev–Trinajstić information content (AvgIpc) is 3.44. The number of halogens is 1. The number of aromatic amines is 1. The molecule has 1 unspecified atom stereocenters. The minimum Gasteiger partial charge on any atom is -0.345 e. The van der Waals surface area contributed by atoms with Gasteiger partial charge in [0.25, 0.3) is 5.56 Å². The first kappa shape index (κ1) is 22.2. The normalized spacial score (nSPS) is 12.4. The summed E-state index contributed by atoms with van der Waals surface area (Å²) in [5, 5.41) is 0.408. The summed E-state index contributed by atoms with van der Waals surface area (Å²) >= 11 is 11.3. The second-order valence-electron chi connectivity index (χ2n) is 7.79. The monoisotopic (exact) mass is 492 g/mol. The molecule has 0 amide bonds. The molecule has 1 aromatic carbocycles. The van der Waals surface area contributed by atoms with Crippen LogP contribution in [0.15, 0.2) is 66.1 Å². The maximum atomic E-state index is 13.6. The zero-order chi connectivity index (χ0) is 24.0. The van der Waals surface area contributed by atoms with Crippen LogP contribution in [-0.2, 0) is 0 Å². The van der Waals surface area contributed by atoms with Gasteiger partial charge in [0, 0.05) is 36.4 Å². The van der Waals surface area contributed by atoms with Gasteiger partial charge in [0.05, 0.1) is 16.1 Å². The molecule has 0 bridgehead atoms. The Balaban J connectivity index is 1.76. The summed E-state index contributed by atoms with van der Waals surface area (Å²) in [5.41, 5.74) is 2.49. The van der Waals surface area contributed by atoms with E-state index in [1.807, 2.05) is 48.4 Å². The molecule has 4 heterocycles. The molecule has 34 heavy (non-hydrogen) atoms. The lowest BCUT2D eigenvalue weighted by Gasteiger charge is -2.31. The summed E-state index contributed by atoms with van der Waals surface area (Å²) in [6.07, 6.45) is 6.68. The van der Waals surface area contributed by atoms with Gasteiger partial charge in [-0.3, -0.25) is 14.2 Å². The number of rotatable bonds is 6. The Bertz CT molecular complexity index is 1590. The third-order valence-corrected chi connectivity index (χ3v) is 6.67. The molecule has 172 valence electrons. The summed E-state index contributed by atoms with van der Waals surface area (Å²) in [4.78, 5) is 39.7. The standard InChI is InChI=1S/C24H21ClN6O2S/c1-3-30(22-19-16(14(2)32)11-26-21(19)27-13-28-22)24(34)18-12-29-10-9-17(25)20(29)23(33)31(18)15-7-5-4-6-8-15/h4-13,24,34H,3H2,1-2H3,(H,26,27,28). The number of nitrogens with zero attached hydrogens (tertiary/aromatic N) is 5. The number of nitrogens with one attached hydrogen (secondary N) is 1. The molecule has 0 radical (unpaired) electrons. The fraction of sp³-hybridized carbons (Fsp3) is 0.167. The number of hydrogen-bond acceptors (Lipinski definition) is 6. The Morgan fingerprint density at radius 2 is 2.00 bits per heavy atom. The molecule has 0 aliphatic carbocycles. The van der Waals surface area contributed by atoms with E-state index in [0.717, 1.165) is 0 Å². The highest BCUT2D eigenvalue weighted by Gasteiger charge is 2.27. The van der Waals surface area contributed by atoms with Crippen molar-refractivity contribution in [3.8, 4) is 5.69 Å². The van der Waals surface area contributed by atoms with E-state index in [4.69, 9.17) is 24.2 Å². The third kappa shape index (κ3) is 3.48. The molecule has 10 heteroatoms. The molecule has 0 spiro atoms. The van der Waals surface area contributed by atoms with Gasteiger partial charge in [0.15, 0.2) is 5.78 Å². The summed E-state index contributed by atoms with van der Waals surface area (Å²) in [6.45, 7) is 3.98. The number of Topliss-reactive ketones (excluding diaryl/α,β-unsaturated/α-hetero) is 1. The lowest BCUT2D eigenvalue weighted by molar-refractivity contribution is 0.101. The highest BCUT2D eigenvalue weighted by atomic mass is 35.5. The third-order valence-electron chi connectivity index (χ3n) is 5.82. The Kier molecular flexibility index (Phi) is 5.66. The number of fused-ring (bicyclic) bond motifs is 2. The van der Waals surface area contributed by atoms with Gasteiger partial charge >= 0.3 is 0 Å². The molecule has 0 aliphatic heterocycles. The molecule has 1 atom stereocenters. The van der Waals surface area contributed by atoms with Crippen molar-refractivity contribution in [3.05, 3.63) is 87.9 Å². The second kappa shape index (κ2) is 8.66. The van der Waals surface area contributed by atoms with Crippen LogP contribution in [0.4, 0.5) is 5.82 Å². The van der Waals surface area contributed by atoms with Gasteiger partial charge in [-0.15, -0.1) is 12.6 Å². The molecular weight excluding hydrogens is 472 g/mol. The molecule has 0 aliphatic rings. The van der Waals surface area contributed by atoms with Gasteiger partial charge < -0.3 is 14.3 Å². The maximum absolute atomic E-state index is 13.6. The minimum atomic E-state index is -0.587. The predicted octanol–water partition coefficient (Wildman–Crippen LogP) is 4.67. The predicted molar refractivity (Wildman–Crippen MR) is 137 cm³/mol. The molecule has 4 aromatic heterocycles. The van der Waals surface area contributed by atoms with Gasteiger partial charge in [0.1, 0.15) is 28.7 Å². The van der Waals surface area contributed by atoms with Crippen molar-refractivity contribution in [2.24, 2.45) is 0 Å². The van der Waals surface area contributed by atoms with E-state index in [0.29, 0.717) is 50.9 Å². The number of hydrogen-bond donors (Lipinski definition) is 2.